The predicted molar refractivity (Wildman–Crippen MR) is 148 cm³/mol. The Labute approximate surface area is 224 Å². The highest BCUT2D eigenvalue weighted by Crippen LogP contribution is 2.47. The minimum Gasteiger partial charge on any atom is -0.506 e. The number of nitrogens with one attached hydrogen (secondary N) is 2. The topological polar surface area (TPSA) is 150 Å². The van der Waals surface area contributed by atoms with Crippen LogP contribution in [0.3, 0.4) is 0 Å². The van der Waals surface area contributed by atoms with E-state index in [1.165, 1.54) is 22.8 Å². The second kappa shape index (κ2) is 9.35. The third-order valence-electron chi connectivity index (χ3n) is 5.77. The van der Waals surface area contributed by atoms with Crippen molar-refractivity contribution in [3.63, 3.8) is 0 Å². The molecule has 0 aliphatic carbocycles. The van der Waals surface area contributed by atoms with Gasteiger partial charge >= 0.3 is 7.52 Å². The number of pyridine rings is 1. The number of sulfonamides is 1. The van der Waals surface area contributed by atoms with E-state index < -0.39 is 40.2 Å². The summed E-state index contributed by atoms with van der Waals surface area (Å²) >= 11 is 3.39. The molecule has 0 saturated heterocycles. The van der Waals surface area contributed by atoms with Gasteiger partial charge in [-0.1, -0.05) is 28.1 Å². The SMILES string of the molecule is CS(=O)(=O)Nc1ccc2c(c1)P(=O)(O)N=C(c1c(O)c3cc(F)ccc3n(Cc3cccc(Br)c3)c1=O)N2. The van der Waals surface area contributed by atoms with Crippen molar-refractivity contribution in [3.8, 4) is 5.75 Å². The highest BCUT2D eigenvalue weighted by molar-refractivity contribution is 9.10. The van der Waals surface area contributed by atoms with Crippen LogP contribution in [0.15, 0.2) is 74.7 Å². The first-order valence-corrected chi connectivity index (χ1v) is 15.2. The highest BCUT2D eigenvalue weighted by atomic mass is 79.9. The number of amidine groups is 1. The number of hydrogen-bond acceptors (Lipinski definition) is 6. The molecule has 2 heterocycles. The fraction of sp³-hybridized carbons (Fsp3) is 0.0833. The number of fused-ring (bicyclic) bond motifs is 2. The summed E-state index contributed by atoms with van der Waals surface area (Å²) in [7, 11) is -8.19. The molecule has 5 rings (SSSR count). The standard InChI is InChI=1S/C24H19BrFN4O6PS/c1-38(35,36)29-16-6-7-18-20(11-16)37(33,34)28-23(27-18)21-22(31)17-10-15(26)5-8-19(17)30(24(21)32)12-13-3-2-4-14(25)9-13/h2-11,29,31H,12H2,1H3,(H2,27,28,33,34). The molecule has 0 fully saturated rings. The lowest BCUT2D eigenvalue weighted by molar-refractivity contribution is 0.477. The smallest absolute Gasteiger partial charge is 0.346 e. The van der Waals surface area contributed by atoms with Crippen LogP contribution in [0.25, 0.3) is 10.9 Å². The lowest BCUT2D eigenvalue weighted by Gasteiger charge is -2.24. The largest absolute Gasteiger partial charge is 0.506 e. The number of nitrogens with zero attached hydrogens (tertiary/aromatic N) is 2. The second-order valence-corrected chi connectivity index (χ2v) is 13.1. The molecule has 196 valence electrons. The van der Waals surface area contributed by atoms with Crippen molar-refractivity contribution in [2.75, 3.05) is 16.3 Å². The molecule has 38 heavy (non-hydrogen) atoms. The van der Waals surface area contributed by atoms with E-state index in [1.807, 2.05) is 6.07 Å². The number of hydrogen-bond donors (Lipinski definition) is 4. The maximum absolute atomic E-state index is 14.2. The van der Waals surface area contributed by atoms with E-state index in [0.717, 1.165) is 34.5 Å². The van der Waals surface area contributed by atoms with Crippen LogP contribution in [-0.2, 0) is 21.1 Å². The van der Waals surface area contributed by atoms with Crippen molar-refractivity contribution >= 4 is 66.9 Å². The Morgan fingerprint density at radius 2 is 1.92 bits per heavy atom. The fourth-order valence-corrected chi connectivity index (χ4v) is 6.49. The van der Waals surface area contributed by atoms with Crippen LogP contribution in [0.2, 0.25) is 0 Å². The molecular formula is C24H19BrFN4O6PS. The third-order valence-corrected chi connectivity index (χ3v) is 8.34. The lowest BCUT2D eigenvalue weighted by Crippen LogP contribution is -2.33. The summed E-state index contributed by atoms with van der Waals surface area (Å²) in [6.45, 7) is 0.0505. The summed E-state index contributed by atoms with van der Waals surface area (Å²) in [6, 6.07) is 14.6. The van der Waals surface area contributed by atoms with Crippen LogP contribution in [0.1, 0.15) is 11.1 Å². The first kappa shape index (κ1) is 26.1. The molecule has 1 aliphatic rings. The first-order chi connectivity index (χ1) is 17.8. The Kier molecular flexibility index (Phi) is 6.42. The Hall–Kier alpha value is -3.51. The predicted octanol–water partition coefficient (Wildman–Crippen LogP) is 3.71. The van der Waals surface area contributed by atoms with Crippen LogP contribution in [0.4, 0.5) is 15.8 Å². The van der Waals surface area contributed by atoms with Crippen molar-refractivity contribution in [1.82, 2.24) is 4.57 Å². The van der Waals surface area contributed by atoms with E-state index in [2.05, 4.69) is 30.7 Å². The molecule has 1 aliphatic heterocycles. The summed E-state index contributed by atoms with van der Waals surface area (Å²) in [5.74, 6) is -1.65. The van der Waals surface area contributed by atoms with Gasteiger partial charge in [-0.15, -0.1) is 0 Å². The van der Waals surface area contributed by atoms with Gasteiger partial charge in [0.05, 0.1) is 29.3 Å². The number of benzene rings is 3. The zero-order valence-electron chi connectivity index (χ0n) is 19.5. The molecule has 0 radical (unpaired) electrons. The van der Waals surface area contributed by atoms with Gasteiger partial charge in [-0.25, -0.2) is 12.8 Å². The summed E-state index contributed by atoms with van der Waals surface area (Å²) in [5, 5.41) is 13.7. The normalized spacial score (nSPS) is 17.0. The molecular weight excluding hydrogens is 602 g/mol. The second-order valence-electron chi connectivity index (χ2n) is 8.63. The molecule has 1 unspecified atom stereocenters. The molecule has 14 heteroatoms. The Bertz CT molecular complexity index is 1890. The van der Waals surface area contributed by atoms with Gasteiger partial charge < -0.3 is 19.9 Å². The number of rotatable bonds is 5. The maximum atomic E-state index is 14.2. The summed E-state index contributed by atoms with van der Waals surface area (Å²) < 4.78 is 58.7. The Balaban J connectivity index is 1.70. The van der Waals surface area contributed by atoms with E-state index in [1.54, 1.807) is 18.2 Å². The van der Waals surface area contributed by atoms with Gasteiger partial charge in [0.15, 0.2) is 5.84 Å². The summed E-state index contributed by atoms with van der Waals surface area (Å²) in [6.07, 6.45) is 0.935. The van der Waals surface area contributed by atoms with Gasteiger partial charge in [0.2, 0.25) is 10.0 Å². The molecule has 3 aromatic carbocycles. The average Bonchev–Trinajstić information content (AvgIpc) is 2.81. The van der Waals surface area contributed by atoms with Crippen LogP contribution in [-0.4, -0.2) is 35.1 Å². The van der Waals surface area contributed by atoms with Gasteiger partial charge in [0, 0.05) is 15.5 Å². The van der Waals surface area contributed by atoms with Crippen LogP contribution < -0.4 is 20.9 Å². The lowest BCUT2D eigenvalue weighted by atomic mass is 10.1. The molecule has 1 aromatic heterocycles. The zero-order chi connectivity index (χ0) is 27.4. The van der Waals surface area contributed by atoms with E-state index in [-0.39, 0.29) is 40.0 Å². The summed E-state index contributed by atoms with van der Waals surface area (Å²) in [4.78, 5) is 24.5. The highest BCUT2D eigenvalue weighted by Gasteiger charge is 2.34. The quantitative estimate of drug-likeness (QED) is 0.248. The minimum absolute atomic E-state index is 0.00497. The third kappa shape index (κ3) is 4.97. The van der Waals surface area contributed by atoms with Crippen molar-refractivity contribution in [1.29, 1.82) is 0 Å². The number of aromatic nitrogens is 1. The van der Waals surface area contributed by atoms with Crippen molar-refractivity contribution in [2.45, 2.75) is 6.54 Å². The van der Waals surface area contributed by atoms with Gasteiger partial charge in [-0.2, -0.15) is 4.76 Å². The monoisotopic (exact) mass is 620 g/mol. The van der Waals surface area contributed by atoms with E-state index >= 15 is 0 Å². The molecule has 1 atom stereocenters. The van der Waals surface area contributed by atoms with E-state index in [4.69, 9.17) is 0 Å². The van der Waals surface area contributed by atoms with E-state index in [9.17, 15) is 32.2 Å². The minimum atomic E-state index is -4.54. The van der Waals surface area contributed by atoms with Gasteiger partial charge in [-0.05, 0) is 54.1 Å². The molecule has 4 aromatic rings. The maximum Gasteiger partial charge on any atom is 0.346 e. The molecule has 4 N–H and O–H groups in total. The average molecular weight is 621 g/mol. The van der Waals surface area contributed by atoms with Crippen LogP contribution >= 0.6 is 23.4 Å². The summed E-state index contributed by atoms with van der Waals surface area (Å²) in [5.41, 5.74) is -0.0505. The van der Waals surface area contributed by atoms with Gasteiger partial charge in [-0.3, -0.25) is 14.1 Å². The van der Waals surface area contributed by atoms with Gasteiger partial charge in [0.25, 0.3) is 5.56 Å². The van der Waals surface area contributed by atoms with Crippen molar-refractivity contribution in [3.05, 3.63) is 92.4 Å². The molecule has 10 nitrogen and oxygen atoms in total. The van der Waals surface area contributed by atoms with Crippen molar-refractivity contribution < 1.29 is 27.4 Å². The number of aromatic hydroxyl groups is 1. The number of anilines is 2. The van der Waals surface area contributed by atoms with Crippen molar-refractivity contribution in [2.24, 2.45) is 4.76 Å². The Morgan fingerprint density at radius 1 is 1.16 bits per heavy atom. The number of halogens is 2. The van der Waals surface area contributed by atoms with Crippen LogP contribution in [0, 0.1) is 5.82 Å². The molecule has 0 spiro atoms. The van der Waals surface area contributed by atoms with E-state index in [0.29, 0.717) is 0 Å². The van der Waals surface area contributed by atoms with Gasteiger partial charge in [0.1, 0.15) is 17.1 Å². The molecule has 0 saturated carbocycles. The first-order valence-electron chi connectivity index (χ1n) is 10.9. The zero-order valence-corrected chi connectivity index (χ0v) is 22.8. The molecule has 0 bridgehead atoms. The van der Waals surface area contributed by atoms with Crippen LogP contribution in [0.5, 0.6) is 5.75 Å². The Morgan fingerprint density at radius 3 is 2.63 bits per heavy atom. The molecule has 0 amide bonds. The fourth-order valence-electron chi connectivity index (χ4n) is 4.21.